The number of nitriles is 1. The summed E-state index contributed by atoms with van der Waals surface area (Å²) in [7, 11) is 0. The Balaban J connectivity index is 2.29. The third-order valence-electron chi connectivity index (χ3n) is 2.47. The molecule has 7 heteroatoms. The number of aromatic nitrogens is 2. The highest BCUT2D eigenvalue weighted by atomic mass is 16.5. The number of nitrogens with zero attached hydrogens (tertiary/aromatic N) is 4. The third kappa shape index (κ3) is 2.32. The number of carbonyl (C=O) groups excluding carboxylic acids is 1. The lowest BCUT2D eigenvalue weighted by atomic mass is 10.2. The van der Waals surface area contributed by atoms with Crippen LogP contribution in [0.4, 0.5) is 5.95 Å². The van der Waals surface area contributed by atoms with Crippen molar-refractivity contribution in [1.82, 2.24) is 9.97 Å². The zero-order valence-corrected chi connectivity index (χ0v) is 9.04. The smallest absolute Gasteiger partial charge is 0.242 e. The second kappa shape index (κ2) is 4.76. The number of hydrogen-bond acceptors (Lipinski definition) is 6. The average molecular weight is 233 g/mol. The maximum absolute atomic E-state index is 11.3. The van der Waals surface area contributed by atoms with Gasteiger partial charge < -0.3 is 15.4 Å². The first-order valence-electron chi connectivity index (χ1n) is 5.09. The van der Waals surface area contributed by atoms with Crippen molar-refractivity contribution in [3.63, 3.8) is 0 Å². The number of hydrogen-bond donors (Lipinski definition) is 1. The zero-order valence-electron chi connectivity index (χ0n) is 9.04. The highest BCUT2D eigenvalue weighted by molar-refractivity contribution is 5.83. The van der Waals surface area contributed by atoms with E-state index in [-0.39, 0.29) is 12.3 Å². The van der Waals surface area contributed by atoms with Gasteiger partial charge >= 0.3 is 0 Å². The predicted octanol–water partition coefficient (Wildman–Crippen LogP) is -0.961. The first-order chi connectivity index (χ1) is 8.22. The SMILES string of the molecule is N#Cc1ccnc(N2CCOCC2C(N)=O)n1. The number of amides is 1. The lowest BCUT2D eigenvalue weighted by Gasteiger charge is -2.33. The number of carbonyl (C=O) groups is 1. The first-order valence-corrected chi connectivity index (χ1v) is 5.09. The Morgan fingerprint density at radius 1 is 1.71 bits per heavy atom. The van der Waals surface area contributed by atoms with Crippen LogP contribution in [-0.2, 0) is 9.53 Å². The van der Waals surface area contributed by atoms with Crippen LogP contribution in [0.3, 0.4) is 0 Å². The minimum absolute atomic E-state index is 0.218. The summed E-state index contributed by atoms with van der Waals surface area (Å²) < 4.78 is 5.19. The minimum Gasteiger partial charge on any atom is -0.377 e. The van der Waals surface area contributed by atoms with Crippen molar-refractivity contribution >= 4 is 11.9 Å². The molecule has 17 heavy (non-hydrogen) atoms. The molecule has 2 rings (SSSR count). The van der Waals surface area contributed by atoms with Crippen molar-refractivity contribution < 1.29 is 9.53 Å². The Morgan fingerprint density at radius 2 is 2.53 bits per heavy atom. The average Bonchev–Trinajstić information content (AvgIpc) is 2.39. The first kappa shape index (κ1) is 11.3. The molecule has 88 valence electrons. The fourth-order valence-electron chi connectivity index (χ4n) is 1.63. The maximum Gasteiger partial charge on any atom is 0.242 e. The Morgan fingerprint density at radius 3 is 3.24 bits per heavy atom. The topological polar surface area (TPSA) is 105 Å². The van der Waals surface area contributed by atoms with Crippen LogP contribution >= 0.6 is 0 Å². The number of anilines is 1. The van der Waals surface area contributed by atoms with Crippen molar-refractivity contribution in [3.05, 3.63) is 18.0 Å². The number of primary amides is 1. The van der Waals surface area contributed by atoms with Gasteiger partial charge in [-0.05, 0) is 6.07 Å². The quantitative estimate of drug-likeness (QED) is 0.705. The van der Waals surface area contributed by atoms with Crippen LogP contribution in [0, 0.1) is 11.3 Å². The summed E-state index contributed by atoms with van der Waals surface area (Å²) in [6.45, 7) is 1.17. The van der Waals surface area contributed by atoms with Gasteiger partial charge in [0.05, 0.1) is 13.2 Å². The fourth-order valence-corrected chi connectivity index (χ4v) is 1.63. The molecule has 1 unspecified atom stereocenters. The molecule has 1 aliphatic rings. The molecule has 0 aromatic carbocycles. The van der Waals surface area contributed by atoms with E-state index in [0.29, 0.717) is 19.1 Å². The van der Waals surface area contributed by atoms with Crippen molar-refractivity contribution in [2.45, 2.75) is 6.04 Å². The van der Waals surface area contributed by atoms with E-state index >= 15 is 0 Å². The molecular weight excluding hydrogens is 222 g/mol. The predicted molar refractivity (Wildman–Crippen MR) is 57.9 cm³/mol. The molecule has 1 atom stereocenters. The monoisotopic (exact) mass is 233 g/mol. The van der Waals surface area contributed by atoms with Crippen molar-refractivity contribution in [1.29, 1.82) is 5.26 Å². The van der Waals surface area contributed by atoms with Gasteiger partial charge in [0.25, 0.3) is 0 Å². The summed E-state index contributed by atoms with van der Waals surface area (Å²) in [5, 5.41) is 8.76. The molecule has 0 saturated carbocycles. The summed E-state index contributed by atoms with van der Waals surface area (Å²) in [4.78, 5) is 21.0. The van der Waals surface area contributed by atoms with E-state index in [1.807, 2.05) is 6.07 Å². The van der Waals surface area contributed by atoms with Gasteiger partial charge in [0, 0.05) is 12.7 Å². The van der Waals surface area contributed by atoms with Gasteiger partial charge in [-0.2, -0.15) is 5.26 Å². The summed E-state index contributed by atoms with van der Waals surface area (Å²) >= 11 is 0. The van der Waals surface area contributed by atoms with Gasteiger partial charge in [-0.15, -0.1) is 0 Å². The fraction of sp³-hybridized carbons (Fsp3) is 0.400. The van der Waals surface area contributed by atoms with Gasteiger partial charge in [-0.3, -0.25) is 4.79 Å². The molecule has 7 nitrogen and oxygen atoms in total. The molecule has 0 spiro atoms. The normalized spacial score (nSPS) is 19.7. The van der Waals surface area contributed by atoms with E-state index in [9.17, 15) is 4.79 Å². The van der Waals surface area contributed by atoms with Crippen molar-refractivity contribution in [2.24, 2.45) is 5.73 Å². The minimum atomic E-state index is -0.585. The Bertz CT molecular complexity index is 470. The summed E-state index contributed by atoms with van der Waals surface area (Å²) in [6, 6.07) is 2.84. The van der Waals surface area contributed by atoms with Crippen molar-refractivity contribution in [3.8, 4) is 6.07 Å². The summed E-state index contributed by atoms with van der Waals surface area (Å²) in [5.41, 5.74) is 5.54. The van der Waals surface area contributed by atoms with Gasteiger partial charge in [0.2, 0.25) is 11.9 Å². The van der Waals surface area contributed by atoms with E-state index in [4.69, 9.17) is 15.7 Å². The van der Waals surface area contributed by atoms with E-state index in [1.165, 1.54) is 12.3 Å². The highest BCUT2D eigenvalue weighted by Crippen LogP contribution is 2.14. The highest BCUT2D eigenvalue weighted by Gasteiger charge is 2.29. The molecular formula is C10H11N5O2. The van der Waals surface area contributed by atoms with Crippen LogP contribution in [0.25, 0.3) is 0 Å². The number of ether oxygens (including phenoxy) is 1. The number of nitrogens with two attached hydrogens (primary N) is 1. The van der Waals surface area contributed by atoms with E-state index < -0.39 is 11.9 Å². The molecule has 0 radical (unpaired) electrons. The molecule has 1 aromatic heterocycles. The molecule has 1 fully saturated rings. The Labute approximate surface area is 97.8 Å². The second-order valence-corrected chi connectivity index (χ2v) is 3.54. The molecule has 2 N–H and O–H groups in total. The lowest BCUT2D eigenvalue weighted by molar-refractivity contribution is -0.121. The summed E-state index contributed by atoms with van der Waals surface area (Å²) in [6.07, 6.45) is 1.48. The van der Waals surface area contributed by atoms with Crippen LogP contribution < -0.4 is 10.6 Å². The van der Waals surface area contributed by atoms with Crippen LogP contribution in [0.1, 0.15) is 5.69 Å². The molecule has 0 aliphatic carbocycles. The maximum atomic E-state index is 11.3. The molecule has 0 bridgehead atoms. The van der Waals surface area contributed by atoms with Crippen LogP contribution in [0.15, 0.2) is 12.3 Å². The molecule has 1 aliphatic heterocycles. The second-order valence-electron chi connectivity index (χ2n) is 3.54. The molecule has 1 amide bonds. The van der Waals surface area contributed by atoms with Gasteiger partial charge in [0.15, 0.2) is 0 Å². The molecule has 1 aromatic rings. The van der Waals surface area contributed by atoms with Gasteiger partial charge in [-0.1, -0.05) is 0 Å². The number of morpholine rings is 1. The largest absolute Gasteiger partial charge is 0.377 e. The van der Waals surface area contributed by atoms with E-state index in [2.05, 4.69) is 9.97 Å². The van der Waals surface area contributed by atoms with E-state index in [1.54, 1.807) is 4.90 Å². The number of rotatable bonds is 2. The third-order valence-corrected chi connectivity index (χ3v) is 2.47. The van der Waals surface area contributed by atoms with Gasteiger partial charge in [0.1, 0.15) is 17.8 Å². The van der Waals surface area contributed by atoms with Crippen LogP contribution in [-0.4, -0.2) is 41.7 Å². The molecule has 2 heterocycles. The Hall–Kier alpha value is -2.20. The van der Waals surface area contributed by atoms with Gasteiger partial charge in [-0.25, -0.2) is 9.97 Å². The van der Waals surface area contributed by atoms with E-state index in [0.717, 1.165) is 0 Å². The Kier molecular flexibility index (Phi) is 3.16. The van der Waals surface area contributed by atoms with Crippen molar-refractivity contribution in [2.75, 3.05) is 24.7 Å². The van der Waals surface area contributed by atoms with Crippen LogP contribution in [0.5, 0.6) is 0 Å². The zero-order chi connectivity index (χ0) is 12.3. The lowest BCUT2D eigenvalue weighted by Crippen LogP contribution is -2.53. The molecule has 1 saturated heterocycles. The summed E-state index contributed by atoms with van der Waals surface area (Å²) in [5.74, 6) is -0.160. The standard InChI is InChI=1S/C10H11N5O2/c11-5-7-1-2-13-10(14-7)15-3-4-17-6-8(15)9(12)16/h1-2,8H,3-4,6H2,(H2,12,16). The van der Waals surface area contributed by atoms with Crippen LogP contribution in [0.2, 0.25) is 0 Å².